The molecular formula is C60H92Na2O6S. The third-order valence-electron chi connectivity index (χ3n) is 12.5. The molecule has 0 aliphatic rings. The number of rotatable bonds is 36. The number of ether oxygens (including phenoxy) is 2. The first-order valence-electron chi connectivity index (χ1n) is 27.0. The van der Waals surface area contributed by atoms with E-state index < -0.39 is 10.4 Å². The zero-order valence-electron chi connectivity index (χ0n) is 44.7. The van der Waals surface area contributed by atoms with Gasteiger partial charge in [-0.05, 0) is 97.9 Å². The van der Waals surface area contributed by atoms with Crippen molar-refractivity contribution < 1.29 is 86.1 Å². The average molecular weight is 987 g/mol. The molecule has 4 aromatic carbocycles. The Morgan fingerprint density at radius 2 is 0.464 bits per heavy atom. The molecule has 6 nitrogen and oxygen atoms in total. The molecule has 0 heterocycles. The maximum absolute atomic E-state index is 8.52. The molecule has 0 atom stereocenters. The number of unbranched alkanes of at least 4 members (excludes halogenated alkanes) is 24. The zero-order valence-corrected chi connectivity index (χ0v) is 49.5. The Hall–Kier alpha value is -1.65. The van der Waals surface area contributed by atoms with Crippen molar-refractivity contribution in [2.75, 3.05) is 0 Å². The van der Waals surface area contributed by atoms with Crippen LogP contribution in [-0.2, 0) is 36.1 Å². The van der Waals surface area contributed by atoms with Crippen LogP contribution >= 0.6 is 0 Å². The minimum Gasteiger partial charge on any atom is -0.759 e. The molecule has 0 saturated heterocycles. The summed E-state index contributed by atoms with van der Waals surface area (Å²) < 4.78 is 47.0. The Kier molecular flexibility index (Phi) is 45.1. The van der Waals surface area contributed by atoms with E-state index in [0.29, 0.717) is 0 Å². The van der Waals surface area contributed by atoms with Crippen LogP contribution in [0.2, 0.25) is 0 Å². The Balaban J connectivity index is 0.00000119. The molecule has 9 heteroatoms. The van der Waals surface area contributed by atoms with Crippen LogP contribution in [0.15, 0.2) is 97.1 Å². The first-order valence-corrected chi connectivity index (χ1v) is 28.4. The summed E-state index contributed by atoms with van der Waals surface area (Å²) in [5, 5.41) is 0. The summed E-state index contributed by atoms with van der Waals surface area (Å²) in [5.74, 6) is 4.17. The molecule has 0 saturated carbocycles. The van der Waals surface area contributed by atoms with Gasteiger partial charge in [0.2, 0.25) is 0 Å². The zero-order chi connectivity index (χ0) is 48.5. The van der Waals surface area contributed by atoms with Crippen LogP contribution in [0, 0.1) is 0 Å². The van der Waals surface area contributed by atoms with Crippen LogP contribution in [0.5, 0.6) is 23.0 Å². The smallest absolute Gasteiger partial charge is 0.759 e. The van der Waals surface area contributed by atoms with Gasteiger partial charge in [-0.3, -0.25) is 8.42 Å². The van der Waals surface area contributed by atoms with Crippen LogP contribution in [-0.4, -0.2) is 17.5 Å². The SMILES string of the molecule is CCCCCCCCCc1ccccc1Oc1ccccc1CCCCCCCCC.CCCCCCCCCc1ccccc1Oc1ccccc1CCCCCCCCC.O=S(=O)([O-])[O-].[Na+].[Na+]. The van der Waals surface area contributed by atoms with Gasteiger partial charge in [-0.2, -0.15) is 0 Å². The fourth-order valence-corrected chi connectivity index (χ4v) is 8.57. The Morgan fingerprint density at radius 1 is 0.304 bits per heavy atom. The molecule has 0 amide bonds. The van der Waals surface area contributed by atoms with Crippen LogP contribution in [0.25, 0.3) is 0 Å². The monoisotopic (exact) mass is 987 g/mol. The molecule has 69 heavy (non-hydrogen) atoms. The van der Waals surface area contributed by atoms with Crippen molar-refractivity contribution in [1.29, 1.82) is 0 Å². The maximum atomic E-state index is 8.52. The van der Waals surface area contributed by atoms with E-state index in [1.54, 1.807) is 0 Å². The molecule has 4 rings (SSSR count). The predicted molar refractivity (Wildman–Crippen MR) is 283 cm³/mol. The summed E-state index contributed by atoms with van der Waals surface area (Å²) in [5.41, 5.74) is 5.40. The fourth-order valence-electron chi connectivity index (χ4n) is 8.57. The first-order chi connectivity index (χ1) is 32.7. The number of benzene rings is 4. The molecule has 0 aliphatic heterocycles. The molecular weight excluding hydrogens is 895 g/mol. The number of aryl methyl sites for hydroxylation is 4. The number of hydrogen-bond acceptors (Lipinski definition) is 6. The third-order valence-corrected chi connectivity index (χ3v) is 12.5. The van der Waals surface area contributed by atoms with Gasteiger partial charge in [0.05, 0.1) is 0 Å². The van der Waals surface area contributed by atoms with Crippen LogP contribution in [0.4, 0.5) is 0 Å². The second kappa shape index (κ2) is 46.2. The molecule has 376 valence electrons. The van der Waals surface area contributed by atoms with E-state index in [-0.39, 0.29) is 59.1 Å². The molecule has 0 spiro atoms. The quantitative estimate of drug-likeness (QED) is 0.0195. The minimum absolute atomic E-state index is 0. The van der Waals surface area contributed by atoms with Crippen molar-refractivity contribution in [2.45, 2.75) is 233 Å². The largest absolute Gasteiger partial charge is 1.00 e. The van der Waals surface area contributed by atoms with E-state index in [1.807, 2.05) is 0 Å². The predicted octanol–water partition coefficient (Wildman–Crippen LogP) is 12.8. The number of hydrogen-bond donors (Lipinski definition) is 0. The molecule has 0 aromatic heterocycles. The Morgan fingerprint density at radius 3 is 0.652 bits per heavy atom. The second-order valence-electron chi connectivity index (χ2n) is 18.5. The molecule has 0 N–H and O–H groups in total. The van der Waals surface area contributed by atoms with Gasteiger partial charge in [-0.1, -0.05) is 255 Å². The molecule has 0 bridgehead atoms. The second-order valence-corrected chi connectivity index (χ2v) is 19.3. The Bertz CT molecular complexity index is 1640. The van der Waals surface area contributed by atoms with Crippen molar-refractivity contribution in [3.8, 4) is 23.0 Å². The van der Waals surface area contributed by atoms with E-state index in [1.165, 1.54) is 202 Å². The standard InChI is InChI=1S/2C30H46O.2Na.H2O4S/c2*1-3-5-7-9-11-13-15-21-27-23-17-19-25-29(27)31-30-26-20-18-24-28(30)22-16-14-12-10-8-6-4-2;;;1-5(2,3)4/h2*17-20,23-26H,3-16,21-22H2,1-2H3;;;(H2,1,2,3,4)/q;;2*+1;/p-2. The number of para-hydroxylation sites is 4. The molecule has 0 unspecified atom stereocenters. The van der Waals surface area contributed by atoms with Gasteiger partial charge >= 0.3 is 59.1 Å². The van der Waals surface area contributed by atoms with Gasteiger partial charge in [-0.15, -0.1) is 0 Å². The molecule has 0 aliphatic carbocycles. The summed E-state index contributed by atoms with van der Waals surface area (Å²) in [6.45, 7) is 9.13. The van der Waals surface area contributed by atoms with E-state index in [0.717, 1.165) is 48.7 Å². The fraction of sp³-hybridized carbons (Fsp3) is 0.600. The van der Waals surface area contributed by atoms with Crippen molar-refractivity contribution in [1.82, 2.24) is 0 Å². The van der Waals surface area contributed by atoms with Gasteiger partial charge in [0.1, 0.15) is 23.0 Å². The maximum Gasteiger partial charge on any atom is 1.00 e. The van der Waals surface area contributed by atoms with Crippen LogP contribution in [0.3, 0.4) is 0 Å². The topological polar surface area (TPSA) is 98.7 Å². The van der Waals surface area contributed by atoms with Crippen LogP contribution < -0.4 is 68.6 Å². The summed E-state index contributed by atoms with van der Waals surface area (Å²) in [6, 6.07) is 34.5. The summed E-state index contributed by atoms with van der Waals surface area (Å²) in [4.78, 5) is 0. The van der Waals surface area contributed by atoms with Gasteiger partial charge < -0.3 is 18.6 Å². The van der Waals surface area contributed by atoms with Crippen LogP contribution in [0.1, 0.15) is 230 Å². The Labute approximate surface area is 467 Å². The van der Waals surface area contributed by atoms with Crippen molar-refractivity contribution in [2.24, 2.45) is 0 Å². The van der Waals surface area contributed by atoms with E-state index >= 15 is 0 Å². The van der Waals surface area contributed by atoms with E-state index in [2.05, 4.69) is 125 Å². The van der Waals surface area contributed by atoms with Gasteiger partial charge in [0.25, 0.3) is 0 Å². The average Bonchev–Trinajstić information content (AvgIpc) is 3.32. The van der Waals surface area contributed by atoms with Crippen molar-refractivity contribution in [3.63, 3.8) is 0 Å². The van der Waals surface area contributed by atoms with Gasteiger partial charge in [-0.25, -0.2) is 0 Å². The molecule has 0 radical (unpaired) electrons. The normalized spacial score (nSPS) is 10.8. The van der Waals surface area contributed by atoms with Gasteiger partial charge in [0, 0.05) is 10.4 Å². The van der Waals surface area contributed by atoms with E-state index in [9.17, 15) is 0 Å². The van der Waals surface area contributed by atoms with E-state index in [4.69, 9.17) is 27.0 Å². The summed E-state index contributed by atoms with van der Waals surface area (Å²) in [7, 11) is -5.17. The molecule has 0 fully saturated rings. The molecule has 4 aromatic rings. The minimum atomic E-state index is -5.17. The van der Waals surface area contributed by atoms with Crippen molar-refractivity contribution in [3.05, 3.63) is 119 Å². The third kappa shape index (κ3) is 36.8. The van der Waals surface area contributed by atoms with Gasteiger partial charge in [0.15, 0.2) is 0 Å². The van der Waals surface area contributed by atoms with Crippen molar-refractivity contribution >= 4 is 10.4 Å². The summed E-state index contributed by atoms with van der Waals surface area (Å²) in [6.07, 6.45) is 42.2. The first kappa shape index (κ1) is 67.3. The summed E-state index contributed by atoms with van der Waals surface area (Å²) >= 11 is 0.